The number of aromatic nitrogens is 1. The molecule has 0 aliphatic rings. The van der Waals surface area contributed by atoms with Crippen molar-refractivity contribution in [3.63, 3.8) is 0 Å². The number of carbonyl (C=O) groups excluding carboxylic acids is 2. The molecule has 0 spiro atoms. The molecule has 4 rings (SSSR count). The predicted molar refractivity (Wildman–Crippen MR) is 119 cm³/mol. The van der Waals surface area contributed by atoms with Crippen LogP contribution in [-0.2, 0) is 0 Å². The molecule has 7 heteroatoms. The highest BCUT2D eigenvalue weighted by molar-refractivity contribution is 7.10. The zero-order valence-electron chi connectivity index (χ0n) is 16.3. The Bertz CT molecular complexity index is 1180. The van der Waals surface area contributed by atoms with Gasteiger partial charge in [0.2, 0.25) is 0 Å². The minimum Gasteiger partial charge on any atom is -0.340 e. The molecule has 0 aliphatic heterocycles. The first kappa shape index (κ1) is 20.4. The van der Waals surface area contributed by atoms with Crippen molar-refractivity contribution in [1.82, 2.24) is 10.3 Å². The van der Waals surface area contributed by atoms with E-state index >= 15 is 0 Å². The second-order valence-electron chi connectivity index (χ2n) is 6.75. The fraction of sp³-hybridized carbons (Fsp3) is 0.0417. The summed E-state index contributed by atoms with van der Waals surface area (Å²) in [5.74, 6) is -0.953. The Labute approximate surface area is 182 Å². The van der Waals surface area contributed by atoms with Gasteiger partial charge in [0.15, 0.2) is 0 Å². The van der Waals surface area contributed by atoms with Crippen LogP contribution in [0.1, 0.15) is 37.2 Å². The van der Waals surface area contributed by atoms with Crippen LogP contribution in [0.5, 0.6) is 0 Å². The number of amides is 2. The van der Waals surface area contributed by atoms with Gasteiger partial charge in [-0.2, -0.15) is 0 Å². The number of hydrogen-bond acceptors (Lipinski definition) is 4. The van der Waals surface area contributed by atoms with Gasteiger partial charge in [-0.15, -0.1) is 11.3 Å². The Morgan fingerprint density at radius 3 is 2.42 bits per heavy atom. The summed E-state index contributed by atoms with van der Waals surface area (Å²) in [7, 11) is 0. The number of rotatable bonds is 6. The fourth-order valence-electron chi connectivity index (χ4n) is 3.08. The molecule has 31 heavy (non-hydrogen) atoms. The van der Waals surface area contributed by atoms with Crippen LogP contribution in [0.3, 0.4) is 0 Å². The molecule has 0 radical (unpaired) electrons. The Morgan fingerprint density at radius 1 is 0.903 bits per heavy atom. The molecule has 2 aromatic carbocycles. The number of carbonyl (C=O) groups is 2. The van der Waals surface area contributed by atoms with E-state index in [1.54, 1.807) is 54.7 Å². The maximum atomic E-state index is 13.4. The van der Waals surface area contributed by atoms with Crippen LogP contribution in [0, 0.1) is 5.82 Å². The number of halogens is 1. The molecule has 0 saturated carbocycles. The summed E-state index contributed by atoms with van der Waals surface area (Å²) in [6.07, 6.45) is 3.06. The monoisotopic (exact) mass is 431 g/mol. The zero-order valence-corrected chi connectivity index (χ0v) is 17.1. The van der Waals surface area contributed by atoms with E-state index in [1.807, 2.05) is 17.5 Å². The molecule has 0 fully saturated rings. The van der Waals surface area contributed by atoms with Crippen molar-refractivity contribution >= 4 is 28.8 Å². The minimum absolute atomic E-state index is 0.305. The third-order valence-electron chi connectivity index (χ3n) is 4.61. The minimum atomic E-state index is -0.415. The van der Waals surface area contributed by atoms with Crippen molar-refractivity contribution in [3.05, 3.63) is 118 Å². The van der Waals surface area contributed by atoms with E-state index in [0.29, 0.717) is 16.8 Å². The van der Waals surface area contributed by atoms with Gasteiger partial charge in [0.1, 0.15) is 5.82 Å². The molecule has 2 amide bonds. The average Bonchev–Trinajstić information content (AvgIpc) is 3.33. The molecule has 2 N–H and O–H groups in total. The largest absolute Gasteiger partial charge is 0.340 e. The number of hydrogen-bond donors (Lipinski definition) is 2. The van der Waals surface area contributed by atoms with Crippen LogP contribution in [0.4, 0.5) is 10.1 Å². The first-order valence-corrected chi connectivity index (χ1v) is 10.4. The summed E-state index contributed by atoms with van der Waals surface area (Å²) in [6, 6.07) is 19.5. The van der Waals surface area contributed by atoms with E-state index in [1.165, 1.54) is 29.7 Å². The molecule has 5 nitrogen and oxygen atoms in total. The maximum absolute atomic E-state index is 13.4. The molecule has 0 saturated heterocycles. The van der Waals surface area contributed by atoms with Crippen LogP contribution in [0.2, 0.25) is 0 Å². The van der Waals surface area contributed by atoms with E-state index < -0.39 is 6.04 Å². The summed E-state index contributed by atoms with van der Waals surface area (Å²) < 4.78 is 13.4. The molecule has 4 aromatic rings. The van der Waals surface area contributed by atoms with Gasteiger partial charge in [-0.1, -0.05) is 24.3 Å². The second-order valence-corrected chi connectivity index (χ2v) is 7.73. The molecule has 2 heterocycles. The highest BCUT2D eigenvalue weighted by Gasteiger charge is 2.19. The topological polar surface area (TPSA) is 71.1 Å². The van der Waals surface area contributed by atoms with Crippen molar-refractivity contribution in [2.24, 2.45) is 0 Å². The standard InChI is InChI=1S/C24H18FN3O2S/c25-19-10-8-16(9-11-19)22(21-7-3-13-31-21)28-23(29)17-4-1-6-20(14-17)27-24(30)18-5-2-12-26-15-18/h1-15,22H,(H,27,30)(H,28,29). The van der Waals surface area contributed by atoms with Crippen molar-refractivity contribution in [3.8, 4) is 0 Å². The van der Waals surface area contributed by atoms with Gasteiger partial charge in [-0.3, -0.25) is 14.6 Å². The summed E-state index contributed by atoms with van der Waals surface area (Å²) in [6.45, 7) is 0. The van der Waals surface area contributed by atoms with E-state index in [2.05, 4.69) is 15.6 Å². The average molecular weight is 431 g/mol. The lowest BCUT2D eigenvalue weighted by Crippen LogP contribution is -2.29. The third kappa shape index (κ3) is 5.02. The van der Waals surface area contributed by atoms with E-state index in [-0.39, 0.29) is 17.6 Å². The first-order chi connectivity index (χ1) is 15.1. The molecule has 154 valence electrons. The van der Waals surface area contributed by atoms with Crippen LogP contribution in [-0.4, -0.2) is 16.8 Å². The number of benzene rings is 2. The highest BCUT2D eigenvalue weighted by Crippen LogP contribution is 2.27. The quantitative estimate of drug-likeness (QED) is 0.449. The zero-order chi connectivity index (χ0) is 21.6. The van der Waals surface area contributed by atoms with Crippen LogP contribution in [0.15, 0.2) is 90.6 Å². The molecule has 2 aromatic heterocycles. The van der Waals surface area contributed by atoms with Gasteiger partial charge in [-0.05, 0) is 59.5 Å². The predicted octanol–water partition coefficient (Wildman–Crippen LogP) is 5.05. The lowest BCUT2D eigenvalue weighted by atomic mass is 10.0. The Kier molecular flexibility index (Phi) is 6.14. The molecule has 1 unspecified atom stereocenters. The number of anilines is 1. The molecule has 0 bridgehead atoms. The molecular formula is C24H18FN3O2S. The summed E-state index contributed by atoms with van der Waals surface area (Å²) >= 11 is 1.51. The normalized spacial score (nSPS) is 11.5. The third-order valence-corrected chi connectivity index (χ3v) is 5.55. The van der Waals surface area contributed by atoms with Gasteiger partial charge in [-0.25, -0.2) is 4.39 Å². The van der Waals surface area contributed by atoms with E-state index in [9.17, 15) is 14.0 Å². The Hall–Kier alpha value is -3.84. The second kappa shape index (κ2) is 9.32. The summed E-state index contributed by atoms with van der Waals surface area (Å²) in [5, 5.41) is 7.71. The van der Waals surface area contributed by atoms with Crippen molar-refractivity contribution in [2.45, 2.75) is 6.04 Å². The van der Waals surface area contributed by atoms with Gasteiger partial charge in [0, 0.05) is 28.5 Å². The first-order valence-electron chi connectivity index (χ1n) is 9.51. The van der Waals surface area contributed by atoms with Gasteiger partial charge in [0.25, 0.3) is 11.8 Å². The highest BCUT2D eigenvalue weighted by atomic mass is 32.1. The van der Waals surface area contributed by atoms with Crippen molar-refractivity contribution < 1.29 is 14.0 Å². The van der Waals surface area contributed by atoms with Crippen molar-refractivity contribution in [2.75, 3.05) is 5.32 Å². The van der Waals surface area contributed by atoms with Gasteiger partial charge < -0.3 is 10.6 Å². The summed E-state index contributed by atoms with van der Waals surface area (Å²) in [4.78, 5) is 30.2. The lowest BCUT2D eigenvalue weighted by Gasteiger charge is -2.18. The molecule has 0 aliphatic carbocycles. The summed E-state index contributed by atoms with van der Waals surface area (Å²) in [5.41, 5.74) is 2.09. The van der Waals surface area contributed by atoms with E-state index in [4.69, 9.17) is 0 Å². The Balaban J connectivity index is 1.53. The van der Waals surface area contributed by atoms with Crippen LogP contribution < -0.4 is 10.6 Å². The molecular weight excluding hydrogens is 413 g/mol. The number of nitrogens with zero attached hydrogens (tertiary/aromatic N) is 1. The van der Waals surface area contributed by atoms with E-state index in [0.717, 1.165) is 10.4 Å². The number of thiophene rings is 1. The van der Waals surface area contributed by atoms with Crippen molar-refractivity contribution in [1.29, 1.82) is 0 Å². The van der Waals surface area contributed by atoms with Gasteiger partial charge >= 0.3 is 0 Å². The lowest BCUT2D eigenvalue weighted by molar-refractivity contribution is 0.0942. The van der Waals surface area contributed by atoms with Crippen LogP contribution in [0.25, 0.3) is 0 Å². The SMILES string of the molecule is O=C(Nc1cccc(C(=O)NC(c2ccc(F)cc2)c2cccs2)c1)c1cccnc1. The van der Waals surface area contributed by atoms with Crippen LogP contribution >= 0.6 is 11.3 Å². The maximum Gasteiger partial charge on any atom is 0.257 e. The van der Waals surface area contributed by atoms with Gasteiger partial charge in [0.05, 0.1) is 11.6 Å². The molecule has 1 atom stereocenters. The smallest absolute Gasteiger partial charge is 0.257 e. The number of nitrogens with one attached hydrogen (secondary N) is 2. The number of pyridine rings is 1. The Morgan fingerprint density at radius 2 is 1.71 bits per heavy atom. The fourth-order valence-corrected chi connectivity index (χ4v) is 3.88.